The largest absolute Gasteiger partial charge is 0.509 e. The van der Waals surface area contributed by atoms with Gasteiger partial charge in [0.05, 0.1) is 5.25 Å². The third-order valence-corrected chi connectivity index (χ3v) is 5.28. The van der Waals surface area contributed by atoms with Gasteiger partial charge in [0.1, 0.15) is 6.61 Å². The van der Waals surface area contributed by atoms with Gasteiger partial charge in [-0.15, -0.1) is 0 Å². The summed E-state index contributed by atoms with van der Waals surface area (Å²) in [6, 6.07) is 1.91. The highest BCUT2D eigenvalue weighted by molar-refractivity contribution is 8.00. The SMILES string of the molecule is Cc1cc(C)nc(S[C@H](C)C(=O)N2CCC3(CC2)COC(=O)O3)n1. The molecule has 1 spiro atoms. The summed E-state index contributed by atoms with van der Waals surface area (Å²) in [5.41, 5.74) is 1.25. The van der Waals surface area contributed by atoms with Gasteiger partial charge in [0.15, 0.2) is 10.8 Å². The van der Waals surface area contributed by atoms with E-state index in [0.29, 0.717) is 31.1 Å². The topological polar surface area (TPSA) is 81.6 Å². The van der Waals surface area contributed by atoms with Crippen LogP contribution in [0.1, 0.15) is 31.2 Å². The fourth-order valence-corrected chi connectivity index (χ4v) is 3.98. The first-order valence-electron chi connectivity index (χ1n) is 8.00. The number of ether oxygens (including phenoxy) is 2. The second-order valence-electron chi connectivity index (χ2n) is 6.34. The van der Waals surface area contributed by atoms with E-state index in [1.165, 1.54) is 11.8 Å². The highest BCUT2D eigenvalue weighted by atomic mass is 32.2. The van der Waals surface area contributed by atoms with Gasteiger partial charge in [-0.2, -0.15) is 0 Å². The summed E-state index contributed by atoms with van der Waals surface area (Å²) in [7, 11) is 0. The number of amides is 1. The Morgan fingerprint density at radius 2 is 1.92 bits per heavy atom. The summed E-state index contributed by atoms with van der Waals surface area (Å²) in [5.74, 6) is 0.0582. The molecule has 0 aromatic carbocycles. The van der Waals surface area contributed by atoms with Crippen LogP contribution in [0.2, 0.25) is 0 Å². The van der Waals surface area contributed by atoms with Crippen LogP contribution in [-0.2, 0) is 14.3 Å². The summed E-state index contributed by atoms with van der Waals surface area (Å²) in [4.78, 5) is 34.4. The number of piperidine rings is 1. The maximum atomic E-state index is 12.7. The van der Waals surface area contributed by atoms with Gasteiger partial charge in [-0.3, -0.25) is 4.79 Å². The Hall–Kier alpha value is -1.83. The third kappa shape index (κ3) is 3.63. The number of likely N-dealkylation sites (tertiary alicyclic amines) is 1. The number of rotatable bonds is 3. The molecule has 2 fully saturated rings. The first-order valence-corrected chi connectivity index (χ1v) is 8.88. The summed E-state index contributed by atoms with van der Waals surface area (Å²) in [6.45, 7) is 7.12. The molecule has 1 atom stereocenters. The Balaban J connectivity index is 1.57. The molecule has 3 heterocycles. The molecule has 0 bridgehead atoms. The van der Waals surface area contributed by atoms with Gasteiger partial charge in [-0.05, 0) is 26.8 Å². The quantitative estimate of drug-likeness (QED) is 0.468. The van der Waals surface area contributed by atoms with Crippen molar-refractivity contribution in [2.45, 2.75) is 49.6 Å². The predicted octanol–water partition coefficient (Wildman–Crippen LogP) is 2.10. The fraction of sp³-hybridized carbons (Fsp3) is 0.625. The Morgan fingerprint density at radius 3 is 2.46 bits per heavy atom. The van der Waals surface area contributed by atoms with Crippen LogP contribution in [-0.4, -0.2) is 57.5 Å². The summed E-state index contributed by atoms with van der Waals surface area (Å²) in [5, 5.41) is 0.364. The van der Waals surface area contributed by atoms with E-state index >= 15 is 0 Å². The fourth-order valence-electron chi connectivity index (χ4n) is 3.02. The maximum Gasteiger partial charge on any atom is 0.509 e. The van der Waals surface area contributed by atoms with Crippen molar-refractivity contribution < 1.29 is 19.1 Å². The Labute approximate surface area is 145 Å². The van der Waals surface area contributed by atoms with Gasteiger partial charge in [-0.25, -0.2) is 14.8 Å². The van der Waals surface area contributed by atoms with Crippen LogP contribution in [0.15, 0.2) is 11.2 Å². The lowest BCUT2D eigenvalue weighted by Crippen LogP contribution is -2.49. The van der Waals surface area contributed by atoms with Gasteiger partial charge in [0.25, 0.3) is 0 Å². The lowest BCUT2D eigenvalue weighted by atomic mass is 9.92. The molecule has 1 aromatic heterocycles. The van der Waals surface area contributed by atoms with Crippen LogP contribution in [0, 0.1) is 13.8 Å². The molecule has 0 radical (unpaired) electrons. The molecule has 0 unspecified atom stereocenters. The van der Waals surface area contributed by atoms with Crippen molar-refractivity contribution in [1.82, 2.24) is 14.9 Å². The number of carbonyl (C=O) groups is 2. The van der Waals surface area contributed by atoms with Crippen LogP contribution in [0.4, 0.5) is 4.79 Å². The van der Waals surface area contributed by atoms with E-state index in [-0.39, 0.29) is 17.8 Å². The van der Waals surface area contributed by atoms with Gasteiger partial charge in [-0.1, -0.05) is 11.8 Å². The van der Waals surface area contributed by atoms with Crippen molar-refractivity contribution in [2.24, 2.45) is 0 Å². The van der Waals surface area contributed by atoms with Crippen LogP contribution < -0.4 is 0 Å². The average molecular weight is 351 g/mol. The number of carbonyl (C=O) groups excluding carboxylic acids is 2. The molecule has 2 aliphatic heterocycles. The van der Waals surface area contributed by atoms with E-state index in [4.69, 9.17) is 9.47 Å². The zero-order valence-electron chi connectivity index (χ0n) is 14.1. The van der Waals surface area contributed by atoms with E-state index in [2.05, 4.69) is 9.97 Å². The monoisotopic (exact) mass is 351 g/mol. The van der Waals surface area contributed by atoms with Gasteiger partial charge < -0.3 is 14.4 Å². The number of nitrogens with zero attached hydrogens (tertiary/aromatic N) is 3. The Kier molecular flexibility index (Phi) is 4.67. The first kappa shape index (κ1) is 17.0. The van der Waals surface area contributed by atoms with E-state index in [9.17, 15) is 9.59 Å². The molecular weight excluding hydrogens is 330 g/mol. The molecule has 1 aromatic rings. The molecule has 1 amide bonds. The smallest absolute Gasteiger partial charge is 0.430 e. The van der Waals surface area contributed by atoms with Crippen molar-refractivity contribution in [1.29, 1.82) is 0 Å². The van der Waals surface area contributed by atoms with Crippen molar-refractivity contribution >= 4 is 23.8 Å². The van der Waals surface area contributed by atoms with Crippen molar-refractivity contribution in [3.8, 4) is 0 Å². The molecule has 0 saturated carbocycles. The molecule has 130 valence electrons. The number of hydrogen-bond acceptors (Lipinski definition) is 7. The second-order valence-corrected chi connectivity index (χ2v) is 7.65. The second kappa shape index (κ2) is 6.58. The Bertz CT molecular complexity index is 638. The van der Waals surface area contributed by atoms with E-state index < -0.39 is 11.8 Å². The molecule has 8 heteroatoms. The van der Waals surface area contributed by atoms with E-state index in [0.717, 1.165) is 11.4 Å². The molecular formula is C16H21N3O4S. The highest BCUT2D eigenvalue weighted by Gasteiger charge is 2.45. The normalized spacial score (nSPS) is 20.6. The van der Waals surface area contributed by atoms with Crippen LogP contribution in [0.5, 0.6) is 0 Å². The van der Waals surface area contributed by atoms with Crippen LogP contribution in [0.3, 0.4) is 0 Å². The number of cyclic esters (lactones) is 1. The maximum absolute atomic E-state index is 12.7. The van der Waals surface area contributed by atoms with E-state index in [1.54, 1.807) is 0 Å². The average Bonchev–Trinajstić information content (AvgIpc) is 2.87. The van der Waals surface area contributed by atoms with Crippen LogP contribution in [0.25, 0.3) is 0 Å². The minimum Gasteiger partial charge on any atom is -0.430 e. The third-order valence-electron chi connectivity index (χ3n) is 4.33. The van der Waals surface area contributed by atoms with Crippen molar-refractivity contribution in [2.75, 3.05) is 19.7 Å². The van der Waals surface area contributed by atoms with Gasteiger partial charge in [0, 0.05) is 37.3 Å². The first-order chi connectivity index (χ1) is 11.4. The molecule has 2 saturated heterocycles. The zero-order valence-corrected chi connectivity index (χ0v) is 14.9. The zero-order chi connectivity index (χ0) is 17.3. The van der Waals surface area contributed by atoms with Crippen molar-refractivity contribution in [3.63, 3.8) is 0 Å². The predicted molar refractivity (Wildman–Crippen MR) is 87.8 cm³/mol. The number of aromatic nitrogens is 2. The standard InChI is InChI=1S/C16H21N3O4S/c1-10-8-11(2)18-14(17-10)24-12(3)13(20)19-6-4-16(5-7-19)9-22-15(21)23-16/h8,12H,4-7,9H2,1-3H3/t12-/m1/s1. The number of thioether (sulfide) groups is 1. The minimum absolute atomic E-state index is 0.0582. The van der Waals surface area contributed by atoms with E-state index in [1.807, 2.05) is 31.7 Å². The molecule has 0 N–H and O–H groups in total. The highest BCUT2D eigenvalue weighted by Crippen LogP contribution is 2.32. The minimum atomic E-state index is -0.606. The summed E-state index contributed by atoms with van der Waals surface area (Å²) in [6.07, 6.45) is 0.620. The van der Waals surface area contributed by atoms with Crippen LogP contribution >= 0.6 is 11.8 Å². The molecule has 7 nitrogen and oxygen atoms in total. The lowest BCUT2D eigenvalue weighted by molar-refractivity contribution is -0.133. The Morgan fingerprint density at radius 1 is 1.29 bits per heavy atom. The van der Waals surface area contributed by atoms with Gasteiger partial charge >= 0.3 is 6.16 Å². The number of aryl methyl sites for hydroxylation is 2. The van der Waals surface area contributed by atoms with Crippen molar-refractivity contribution in [3.05, 3.63) is 17.5 Å². The molecule has 3 rings (SSSR count). The molecule has 24 heavy (non-hydrogen) atoms. The lowest BCUT2D eigenvalue weighted by Gasteiger charge is -2.37. The summed E-state index contributed by atoms with van der Waals surface area (Å²) >= 11 is 1.37. The number of hydrogen-bond donors (Lipinski definition) is 0. The summed E-state index contributed by atoms with van der Waals surface area (Å²) < 4.78 is 10.2. The van der Waals surface area contributed by atoms with Gasteiger partial charge in [0.2, 0.25) is 5.91 Å². The molecule has 0 aliphatic carbocycles. The molecule has 2 aliphatic rings.